The summed E-state index contributed by atoms with van der Waals surface area (Å²) in [4.78, 5) is 26.1. The zero-order valence-electron chi connectivity index (χ0n) is 15.3. The summed E-state index contributed by atoms with van der Waals surface area (Å²) in [5, 5.41) is 0. The molecule has 2 heterocycles. The minimum Gasteiger partial charge on any atom is -0.464 e. The summed E-state index contributed by atoms with van der Waals surface area (Å²) in [6.45, 7) is 5.15. The fourth-order valence-corrected chi connectivity index (χ4v) is 6.17. The zero-order chi connectivity index (χ0) is 17.6. The van der Waals surface area contributed by atoms with Crippen LogP contribution in [0.25, 0.3) is 0 Å². The molecule has 4 aliphatic carbocycles. The number of carbonyl (C=O) groups excluding carboxylic acids is 1. The van der Waals surface area contributed by atoms with Gasteiger partial charge >= 0.3 is 5.97 Å². The first-order valence-corrected chi connectivity index (χ1v) is 10.1. The molecule has 1 saturated heterocycles. The molecule has 4 saturated carbocycles. The van der Waals surface area contributed by atoms with Crippen LogP contribution in [0.3, 0.4) is 0 Å². The van der Waals surface area contributed by atoms with Crippen molar-refractivity contribution in [1.82, 2.24) is 14.9 Å². The van der Waals surface area contributed by atoms with Crippen molar-refractivity contribution in [2.45, 2.75) is 32.1 Å². The highest BCUT2D eigenvalue weighted by atomic mass is 16.5. The van der Waals surface area contributed by atoms with E-state index in [9.17, 15) is 4.79 Å². The number of aromatic nitrogens is 2. The Labute approximate surface area is 154 Å². The van der Waals surface area contributed by atoms with E-state index in [1.807, 2.05) is 6.07 Å². The van der Waals surface area contributed by atoms with Crippen LogP contribution in [0.1, 0.15) is 32.1 Å². The molecule has 0 spiro atoms. The molecule has 140 valence electrons. The van der Waals surface area contributed by atoms with Crippen LogP contribution in [-0.4, -0.2) is 60.2 Å². The van der Waals surface area contributed by atoms with E-state index in [1.54, 1.807) is 12.4 Å². The third-order valence-corrected chi connectivity index (χ3v) is 7.24. The zero-order valence-corrected chi connectivity index (χ0v) is 15.3. The molecule has 0 radical (unpaired) electrons. The van der Waals surface area contributed by atoms with Crippen LogP contribution in [0.5, 0.6) is 0 Å². The van der Waals surface area contributed by atoms with Crippen molar-refractivity contribution in [3.8, 4) is 0 Å². The molecule has 1 aromatic heterocycles. The highest BCUT2D eigenvalue weighted by Crippen LogP contribution is 2.65. The molecule has 0 aromatic carbocycles. The van der Waals surface area contributed by atoms with E-state index in [2.05, 4.69) is 19.8 Å². The van der Waals surface area contributed by atoms with Gasteiger partial charge in [-0.15, -0.1) is 0 Å². The molecule has 0 N–H and O–H groups in total. The number of ether oxygens (including phenoxy) is 1. The maximum atomic E-state index is 12.8. The van der Waals surface area contributed by atoms with E-state index in [1.165, 1.54) is 19.3 Å². The van der Waals surface area contributed by atoms with Gasteiger partial charge in [0, 0.05) is 45.1 Å². The maximum Gasteiger partial charge on any atom is 0.312 e. The molecule has 4 atom stereocenters. The summed E-state index contributed by atoms with van der Waals surface area (Å²) in [5.41, 5.74) is -0.100. The Hall–Kier alpha value is -1.69. The Kier molecular flexibility index (Phi) is 4.11. The number of carbonyl (C=O) groups is 1. The first kappa shape index (κ1) is 16.5. The number of hydrogen-bond donors (Lipinski definition) is 0. The molecular formula is C20H28N4O2. The summed E-state index contributed by atoms with van der Waals surface area (Å²) in [6.07, 6.45) is 9.68. The van der Waals surface area contributed by atoms with Crippen molar-refractivity contribution in [3.05, 3.63) is 18.5 Å². The fourth-order valence-electron chi connectivity index (χ4n) is 6.17. The normalized spacial score (nSPS) is 35.8. The van der Waals surface area contributed by atoms with Gasteiger partial charge in [-0.05, 0) is 55.9 Å². The summed E-state index contributed by atoms with van der Waals surface area (Å²) in [7, 11) is 0. The van der Waals surface area contributed by atoms with Gasteiger partial charge in [-0.2, -0.15) is 0 Å². The molecule has 0 amide bonds. The van der Waals surface area contributed by atoms with E-state index in [-0.39, 0.29) is 11.4 Å². The van der Waals surface area contributed by atoms with Gasteiger partial charge in [0.05, 0.1) is 5.41 Å². The summed E-state index contributed by atoms with van der Waals surface area (Å²) < 4.78 is 5.79. The van der Waals surface area contributed by atoms with Crippen molar-refractivity contribution in [2.24, 2.45) is 23.2 Å². The first-order valence-electron chi connectivity index (χ1n) is 10.1. The molecule has 26 heavy (non-hydrogen) atoms. The highest BCUT2D eigenvalue weighted by Gasteiger charge is 2.62. The highest BCUT2D eigenvalue weighted by molar-refractivity contribution is 5.78. The van der Waals surface area contributed by atoms with Crippen LogP contribution in [0, 0.1) is 23.2 Å². The van der Waals surface area contributed by atoms with Gasteiger partial charge in [0.15, 0.2) is 0 Å². The number of esters is 1. The second-order valence-electron chi connectivity index (χ2n) is 8.71. The lowest BCUT2D eigenvalue weighted by molar-refractivity contribution is -0.158. The summed E-state index contributed by atoms with van der Waals surface area (Å²) >= 11 is 0. The Morgan fingerprint density at radius 1 is 1.08 bits per heavy atom. The quantitative estimate of drug-likeness (QED) is 0.752. The minimum absolute atomic E-state index is 0.100. The fraction of sp³-hybridized carbons (Fsp3) is 0.750. The van der Waals surface area contributed by atoms with Crippen molar-refractivity contribution in [3.63, 3.8) is 0 Å². The third kappa shape index (κ3) is 2.79. The number of anilines is 1. The molecule has 1 aliphatic heterocycles. The van der Waals surface area contributed by atoms with Crippen LogP contribution in [0.15, 0.2) is 18.5 Å². The van der Waals surface area contributed by atoms with Crippen molar-refractivity contribution in [2.75, 3.05) is 44.2 Å². The average Bonchev–Trinajstić information content (AvgIpc) is 3.08. The van der Waals surface area contributed by atoms with Crippen LogP contribution in [0.4, 0.5) is 5.95 Å². The molecule has 5 aliphatic rings. The van der Waals surface area contributed by atoms with E-state index in [4.69, 9.17) is 4.74 Å². The van der Waals surface area contributed by atoms with Crippen molar-refractivity contribution < 1.29 is 9.53 Å². The van der Waals surface area contributed by atoms with Crippen LogP contribution >= 0.6 is 0 Å². The molecule has 6 nitrogen and oxygen atoms in total. The van der Waals surface area contributed by atoms with E-state index >= 15 is 0 Å². The lowest BCUT2D eigenvalue weighted by atomic mass is 9.75. The summed E-state index contributed by atoms with van der Waals surface area (Å²) in [5.74, 6) is 3.14. The number of piperazine rings is 1. The molecule has 4 bridgehead atoms. The van der Waals surface area contributed by atoms with Crippen LogP contribution in [0.2, 0.25) is 0 Å². The Morgan fingerprint density at radius 2 is 1.77 bits per heavy atom. The molecule has 2 unspecified atom stereocenters. The van der Waals surface area contributed by atoms with Gasteiger partial charge in [-0.3, -0.25) is 9.69 Å². The second kappa shape index (κ2) is 6.48. The van der Waals surface area contributed by atoms with Gasteiger partial charge in [-0.25, -0.2) is 9.97 Å². The number of rotatable bonds is 5. The largest absolute Gasteiger partial charge is 0.464 e. The summed E-state index contributed by atoms with van der Waals surface area (Å²) in [6, 6.07) is 1.84. The monoisotopic (exact) mass is 356 g/mol. The minimum atomic E-state index is -0.100. The van der Waals surface area contributed by atoms with Crippen molar-refractivity contribution in [1.29, 1.82) is 0 Å². The average molecular weight is 356 g/mol. The smallest absolute Gasteiger partial charge is 0.312 e. The predicted octanol–water partition coefficient (Wildman–Crippen LogP) is 1.97. The van der Waals surface area contributed by atoms with E-state index in [0.29, 0.717) is 12.5 Å². The van der Waals surface area contributed by atoms with Crippen LogP contribution in [-0.2, 0) is 9.53 Å². The standard InChI is InChI=1S/C20H28N4O2/c25-18(20-13-15-10-16(14-20)12-17(20)11-15)26-9-8-23-4-6-24(7-5-23)19-21-2-1-3-22-19/h1-3,15-17H,4-14H2/t15-,16+,17?,20?. The second-order valence-corrected chi connectivity index (χ2v) is 8.71. The molecular weight excluding hydrogens is 328 g/mol. The molecule has 1 aromatic rings. The topological polar surface area (TPSA) is 58.6 Å². The lowest BCUT2D eigenvalue weighted by Crippen LogP contribution is -2.48. The van der Waals surface area contributed by atoms with Gasteiger partial charge in [0.25, 0.3) is 0 Å². The maximum absolute atomic E-state index is 12.8. The van der Waals surface area contributed by atoms with Gasteiger partial charge < -0.3 is 9.64 Å². The van der Waals surface area contributed by atoms with E-state index in [0.717, 1.165) is 63.3 Å². The van der Waals surface area contributed by atoms with E-state index < -0.39 is 0 Å². The number of nitrogens with zero attached hydrogens (tertiary/aromatic N) is 4. The predicted molar refractivity (Wildman–Crippen MR) is 97.6 cm³/mol. The lowest BCUT2D eigenvalue weighted by Gasteiger charge is -2.35. The molecule has 6 rings (SSSR count). The van der Waals surface area contributed by atoms with Gasteiger partial charge in [-0.1, -0.05) is 0 Å². The number of hydrogen-bond acceptors (Lipinski definition) is 6. The van der Waals surface area contributed by atoms with Gasteiger partial charge in [0.2, 0.25) is 5.95 Å². The molecule has 5 fully saturated rings. The Bertz CT molecular complexity index is 645. The van der Waals surface area contributed by atoms with Crippen molar-refractivity contribution >= 4 is 11.9 Å². The SMILES string of the molecule is O=C(OCCN1CCN(c2ncccn2)CC1)C12C[C@@H]3CC1C[C@@H](C3)C2. The Balaban J connectivity index is 1.08. The van der Waals surface area contributed by atoms with Gasteiger partial charge in [0.1, 0.15) is 6.61 Å². The third-order valence-electron chi connectivity index (χ3n) is 7.24. The first-order chi connectivity index (χ1) is 12.7. The van der Waals surface area contributed by atoms with Crippen LogP contribution < -0.4 is 4.90 Å². The Morgan fingerprint density at radius 3 is 2.46 bits per heavy atom. The molecule has 6 heteroatoms.